The molecule has 8 heteroatoms. The number of hydrogen-bond acceptors (Lipinski definition) is 6. The molecule has 0 atom stereocenters. The number of unbranched alkanes of at least 4 members (excludes halogenated alkanes) is 1. The Morgan fingerprint density at radius 3 is 2.18 bits per heavy atom. The van der Waals surface area contributed by atoms with Gasteiger partial charge in [-0.2, -0.15) is 0 Å². The van der Waals surface area contributed by atoms with E-state index in [2.05, 4.69) is 22.1 Å². The fourth-order valence-electron chi connectivity index (χ4n) is 4.56. The maximum absolute atomic E-state index is 11.8. The van der Waals surface area contributed by atoms with Gasteiger partial charge in [-0.3, -0.25) is 14.5 Å². The fraction of sp³-hybridized carbons (Fsp3) is 0.733. The number of ketones is 1. The fourth-order valence-corrected chi connectivity index (χ4v) is 4.56. The summed E-state index contributed by atoms with van der Waals surface area (Å²) in [6.45, 7) is 14.3. The third kappa shape index (κ3) is 13.4. The summed E-state index contributed by atoms with van der Waals surface area (Å²) in [6, 6.07) is 2.10. The Labute approximate surface area is 230 Å². The van der Waals surface area contributed by atoms with E-state index in [0.717, 1.165) is 37.3 Å². The van der Waals surface area contributed by atoms with Crippen LogP contribution in [0, 0.1) is 12.8 Å². The van der Waals surface area contributed by atoms with Gasteiger partial charge in [0.15, 0.2) is 5.78 Å². The second-order valence-corrected chi connectivity index (χ2v) is 11.8. The lowest BCUT2D eigenvalue weighted by Crippen LogP contribution is -2.40. The van der Waals surface area contributed by atoms with Crippen molar-refractivity contribution in [2.24, 2.45) is 5.92 Å². The number of Topliss-reactive ketones (excluding diaryl/α,β-unsaturated/α-hetero) is 1. The number of aromatic nitrogens is 1. The standard InChI is InChI=1S/C15H23N3O2.C15H29NO2/c1-11-9-14(12(2)19)15(16-10-11)18(13(3)20)8-6-7-17(4)5;1-5-6-7-12-8-10-13(11-9-12)16-14(17)18-15(2,3)4/h9-10H,6-8H2,1-5H3;12-13H,5-11H2,1-4H3,(H,16,17). The number of alkyl carbamates (subject to hydrolysis) is 1. The highest BCUT2D eigenvalue weighted by Crippen LogP contribution is 2.28. The first-order valence-corrected chi connectivity index (χ1v) is 14.1. The number of amides is 2. The van der Waals surface area contributed by atoms with E-state index < -0.39 is 5.60 Å². The van der Waals surface area contributed by atoms with E-state index in [0.29, 0.717) is 24.0 Å². The molecule has 1 aliphatic carbocycles. The molecular weight excluding hydrogens is 480 g/mol. The summed E-state index contributed by atoms with van der Waals surface area (Å²) < 4.78 is 5.28. The van der Waals surface area contributed by atoms with E-state index in [-0.39, 0.29) is 17.8 Å². The van der Waals surface area contributed by atoms with Crippen LogP contribution in [0.2, 0.25) is 0 Å². The number of aryl methyl sites for hydroxylation is 1. The Morgan fingerprint density at radius 2 is 1.68 bits per heavy atom. The van der Waals surface area contributed by atoms with Crippen LogP contribution in [0.3, 0.4) is 0 Å². The molecular formula is C30H52N4O4. The predicted octanol–water partition coefficient (Wildman–Crippen LogP) is 6.16. The number of anilines is 1. The van der Waals surface area contributed by atoms with Gasteiger partial charge in [0.1, 0.15) is 11.4 Å². The Bertz CT molecular complexity index is 887. The first-order chi connectivity index (χ1) is 17.7. The highest BCUT2D eigenvalue weighted by Gasteiger charge is 2.24. The van der Waals surface area contributed by atoms with Crippen LogP contribution in [0.15, 0.2) is 12.3 Å². The van der Waals surface area contributed by atoms with E-state index in [1.807, 2.05) is 41.8 Å². The minimum Gasteiger partial charge on any atom is -0.444 e. The van der Waals surface area contributed by atoms with Crippen molar-refractivity contribution in [2.75, 3.05) is 32.1 Å². The number of nitrogens with zero attached hydrogens (tertiary/aromatic N) is 3. The zero-order valence-electron chi connectivity index (χ0n) is 25.4. The van der Waals surface area contributed by atoms with Gasteiger partial charge in [0.05, 0.1) is 5.56 Å². The van der Waals surface area contributed by atoms with Crippen LogP contribution in [0.25, 0.3) is 0 Å². The molecule has 38 heavy (non-hydrogen) atoms. The number of hydrogen-bond donors (Lipinski definition) is 1. The molecule has 1 aliphatic rings. The molecule has 0 unspecified atom stereocenters. The van der Waals surface area contributed by atoms with Crippen molar-refractivity contribution in [1.29, 1.82) is 0 Å². The second kappa shape index (κ2) is 16.5. The largest absolute Gasteiger partial charge is 0.444 e. The van der Waals surface area contributed by atoms with Crippen molar-refractivity contribution >= 4 is 23.6 Å². The van der Waals surface area contributed by atoms with Crippen molar-refractivity contribution in [3.05, 3.63) is 23.4 Å². The lowest BCUT2D eigenvalue weighted by molar-refractivity contribution is -0.116. The maximum Gasteiger partial charge on any atom is 0.407 e. The van der Waals surface area contributed by atoms with E-state index in [4.69, 9.17) is 4.74 Å². The summed E-state index contributed by atoms with van der Waals surface area (Å²) in [4.78, 5) is 43.2. The third-order valence-corrected chi connectivity index (χ3v) is 6.54. The highest BCUT2D eigenvalue weighted by molar-refractivity contribution is 6.03. The van der Waals surface area contributed by atoms with Crippen LogP contribution in [0.1, 0.15) is 109 Å². The molecule has 2 amide bonds. The molecule has 0 spiro atoms. The average Bonchev–Trinajstić information content (AvgIpc) is 2.80. The van der Waals surface area contributed by atoms with Gasteiger partial charge in [-0.25, -0.2) is 9.78 Å². The van der Waals surface area contributed by atoms with Gasteiger partial charge in [-0.05, 0) is 105 Å². The first kappa shape index (κ1) is 33.5. The van der Waals surface area contributed by atoms with Crippen LogP contribution >= 0.6 is 0 Å². The van der Waals surface area contributed by atoms with Crippen LogP contribution in [0.4, 0.5) is 10.6 Å². The number of pyridine rings is 1. The predicted molar refractivity (Wildman–Crippen MR) is 155 cm³/mol. The summed E-state index contributed by atoms with van der Waals surface area (Å²) in [6.07, 6.45) is 10.9. The SMILES string of the molecule is CC(=O)c1cc(C)cnc1N(CCCN(C)C)C(C)=O.CCCCC1CCC(NC(=O)OC(C)(C)C)CC1. The molecule has 0 saturated heterocycles. The van der Waals surface area contributed by atoms with E-state index in [1.165, 1.54) is 46.0 Å². The maximum atomic E-state index is 11.8. The zero-order chi connectivity index (χ0) is 28.9. The molecule has 8 nitrogen and oxygen atoms in total. The summed E-state index contributed by atoms with van der Waals surface area (Å²) in [7, 11) is 3.98. The van der Waals surface area contributed by atoms with Crippen LogP contribution in [0.5, 0.6) is 0 Å². The molecule has 1 aromatic heterocycles. The second-order valence-electron chi connectivity index (χ2n) is 11.8. The van der Waals surface area contributed by atoms with E-state index in [1.54, 1.807) is 17.2 Å². The van der Waals surface area contributed by atoms with Gasteiger partial charge >= 0.3 is 6.09 Å². The monoisotopic (exact) mass is 532 g/mol. The lowest BCUT2D eigenvalue weighted by Gasteiger charge is -2.30. The first-order valence-electron chi connectivity index (χ1n) is 14.1. The molecule has 1 saturated carbocycles. The summed E-state index contributed by atoms with van der Waals surface area (Å²) in [5.74, 6) is 1.17. The topological polar surface area (TPSA) is 91.8 Å². The van der Waals surface area contributed by atoms with Gasteiger partial charge in [0, 0.05) is 25.7 Å². The van der Waals surface area contributed by atoms with Gasteiger partial charge in [-0.1, -0.05) is 26.2 Å². The number of ether oxygens (including phenoxy) is 1. The van der Waals surface area contributed by atoms with Crippen LogP contribution in [-0.2, 0) is 9.53 Å². The molecule has 1 heterocycles. The Morgan fingerprint density at radius 1 is 1.05 bits per heavy atom. The van der Waals surface area contributed by atoms with Gasteiger partial charge < -0.3 is 15.0 Å². The molecule has 0 aliphatic heterocycles. The molecule has 216 valence electrons. The Kier molecular flexibility index (Phi) is 14.5. The molecule has 0 bridgehead atoms. The zero-order valence-corrected chi connectivity index (χ0v) is 25.4. The van der Waals surface area contributed by atoms with Gasteiger partial charge in [0.2, 0.25) is 5.91 Å². The van der Waals surface area contributed by atoms with Crippen molar-refractivity contribution in [1.82, 2.24) is 15.2 Å². The quantitative estimate of drug-likeness (QED) is 0.363. The minimum absolute atomic E-state index is 0.0740. The summed E-state index contributed by atoms with van der Waals surface area (Å²) in [5.41, 5.74) is 1.02. The third-order valence-electron chi connectivity index (χ3n) is 6.54. The van der Waals surface area contributed by atoms with Crippen molar-refractivity contribution < 1.29 is 19.1 Å². The molecule has 2 rings (SSSR count). The highest BCUT2D eigenvalue weighted by atomic mass is 16.6. The number of carbonyl (C=O) groups excluding carboxylic acids is 3. The number of nitrogens with one attached hydrogen (secondary N) is 1. The van der Waals surface area contributed by atoms with Crippen molar-refractivity contribution in [3.8, 4) is 0 Å². The van der Waals surface area contributed by atoms with Crippen LogP contribution < -0.4 is 10.2 Å². The lowest BCUT2D eigenvalue weighted by atomic mass is 9.83. The van der Waals surface area contributed by atoms with Gasteiger partial charge in [-0.15, -0.1) is 0 Å². The number of rotatable bonds is 10. The van der Waals surface area contributed by atoms with Gasteiger partial charge in [0.25, 0.3) is 0 Å². The van der Waals surface area contributed by atoms with E-state index in [9.17, 15) is 14.4 Å². The Hall–Kier alpha value is -2.48. The minimum atomic E-state index is -0.400. The van der Waals surface area contributed by atoms with Crippen molar-refractivity contribution in [3.63, 3.8) is 0 Å². The number of carbonyl (C=O) groups is 3. The normalized spacial score (nSPS) is 17.3. The molecule has 1 fully saturated rings. The smallest absolute Gasteiger partial charge is 0.407 e. The molecule has 0 radical (unpaired) electrons. The van der Waals surface area contributed by atoms with Crippen LogP contribution in [-0.4, -0.2) is 66.5 Å². The van der Waals surface area contributed by atoms with Crippen molar-refractivity contribution in [2.45, 2.75) is 111 Å². The van der Waals surface area contributed by atoms with E-state index >= 15 is 0 Å². The molecule has 0 aromatic carbocycles. The Balaban J connectivity index is 0.000000382. The summed E-state index contributed by atoms with van der Waals surface area (Å²) in [5, 5.41) is 2.99. The average molecular weight is 533 g/mol. The molecule has 1 aromatic rings. The molecule has 1 N–H and O–H groups in total. The summed E-state index contributed by atoms with van der Waals surface area (Å²) >= 11 is 0.